The molecule has 0 atom stereocenters. The summed E-state index contributed by atoms with van der Waals surface area (Å²) in [6.07, 6.45) is 1.70. The van der Waals surface area contributed by atoms with Crippen LogP contribution in [0.1, 0.15) is 29.8 Å². The van der Waals surface area contributed by atoms with Gasteiger partial charge in [0.15, 0.2) is 0 Å². The number of hydrogen-bond donors (Lipinski definition) is 1. The highest BCUT2D eigenvalue weighted by Crippen LogP contribution is 2.25. The summed E-state index contributed by atoms with van der Waals surface area (Å²) in [7, 11) is 0. The van der Waals surface area contributed by atoms with Crippen LogP contribution in [0.4, 0.5) is 4.39 Å². The summed E-state index contributed by atoms with van der Waals surface area (Å²) in [6, 6.07) is 15.8. The molecule has 3 nitrogen and oxygen atoms in total. The molecule has 2 aromatic carbocycles. The molecular formula is C20H19FN2O. The maximum absolute atomic E-state index is 14.0. The predicted octanol–water partition coefficient (Wildman–Crippen LogP) is 4.08. The van der Waals surface area contributed by atoms with E-state index in [0.717, 1.165) is 10.9 Å². The smallest absolute Gasteiger partial charge is 0.251 e. The van der Waals surface area contributed by atoms with Crippen molar-refractivity contribution in [2.24, 2.45) is 0 Å². The molecule has 122 valence electrons. The second-order valence-corrected chi connectivity index (χ2v) is 6.42. The Bertz CT molecular complexity index is 884. The van der Waals surface area contributed by atoms with E-state index in [-0.39, 0.29) is 11.7 Å². The van der Waals surface area contributed by atoms with E-state index >= 15 is 0 Å². The Hall–Kier alpha value is -2.75. The van der Waals surface area contributed by atoms with Crippen molar-refractivity contribution in [3.05, 3.63) is 77.7 Å². The molecule has 1 amide bonds. The van der Waals surface area contributed by atoms with Gasteiger partial charge in [-0.15, -0.1) is 0 Å². The van der Waals surface area contributed by atoms with Gasteiger partial charge in [-0.05, 0) is 29.8 Å². The van der Waals surface area contributed by atoms with E-state index in [1.54, 1.807) is 30.5 Å². The van der Waals surface area contributed by atoms with Gasteiger partial charge in [-0.2, -0.15) is 0 Å². The van der Waals surface area contributed by atoms with Crippen molar-refractivity contribution in [1.82, 2.24) is 10.3 Å². The summed E-state index contributed by atoms with van der Waals surface area (Å²) >= 11 is 0. The molecule has 0 saturated heterocycles. The van der Waals surface area contributed by atoms with Crippen molar-refractivity contribution in [1.29, 1.82) is 0 Å². The third kappa shape index (κ3) is 3.13. The first-order valence-electron chi connectivity index (χ1n) is 7.86. The molecular weight excluding hydrogens is 303 g/mol. The molecule has 3 rings (SSSR count). The normalized spacial score (nSPS) is 11.5. The molecule has 1 aromatic heterocycles. The molecule has 0 aliphatic carbocycles. The quantitative estimate of drug-likeness (QED) is 0.786. The fourth-order valence-corrected chi connectivity index (χ4v) is 2.80. The number of amides is 1. The zero-order chi connectivity index (χ0) is 17.2. The third-order valence-corrected chi connectivity index (χ3v) is 4.18. The number of aromatic nitrogens is 1. The van der Waals surface area contributed by atoms with E-state index in [1.165, 1.54) is 6.07 Å². The second kappa shape index (κ2) is 6.40. The molecule has 0 spiro atoms. The fraction of sp³-hybridized carbons (Fsp3) is 0.200. The highest BCUT2D eigenvalue weighted by atomic mass is 19.1. The molecule has 0 bridgehead atoms. The lowest BCUT2D eigenvalue weighted by molar-refractivity contribution is 0.0947. The Kier molecular flexibility index (Phi) is 4.30. The lowest BCUT2D eigenvalue weighted by Gasteiger charge is -2.26. The molecule has 0 aliphatic rings. The number of halogens is 1. The molecule has 0 unspecified atom stereocenters. The third-order valence-electron chi connectivity index (χ3n) is 4.18. The van der Waals surface area contributed by atoms with Crippen LogP contribution in [0.15, 0.2) is 60.8 Å². The maximum Gasteiger partial charge on any atom is 0.251 e. The van der Waals surface area contributed by atoms with Gasteiger partial charge >= 0.3 is 0 Å². The van der Waals surface area contributed by atoms with Gasteiger partial charge in [-0.3, -0.25) is 9.78 Å². The summed E-state index contributed by atoms with van der Waals surface area (Å²) in [6.45, 7) is 4.16. The Morgan fingerprint density at radius 1 is 1.08 bits per heavy atom. The number of hydrogen-bond acceptors (Lipinski definition) is 2. The van der Waals surface area contributed by atoms with Crippen molar-refractivity contribution in [2.75, 3.05) is 6.54 Å². The van der Waals surface area contributed by atoms with Crippen LogP contribution in [0, 0.1) is 5.82 Å². The highest BCUT2D eigenvalue weighted by molar-refractivity contribution is 6.06. The number of carbonyl (C=O) groups is 1. The van der Waals surface area contributed by atoms with Crippen LogP contribution in [0.3, 0.4) is 0 Å². The van der Waals surface area contributed by atoms with E-state index in [2.05, 4.69) is 10.3 Å². The number of carbonyl (C=O) groups excluding carboxylic acids is 1. The summed E-state index contributed by atoms with van der Waals surface area (Å²) in [5.41, 5.74) is 1.43. The Morgan fingerprint density at radius 2 is 1.88 bits per heavy atom. The van der Waals surface area contributed by atoms with Gasteiger partial charge in [0, 0.05) is 29.1 Å². The van der Waals surface area contributed by atoms with Crippen molar-refractivity contribution < 1.29 is 9.18 Å². The maximum atomic E-state index is 14.0. The first-order chi connectivity index (χ1) is 11.5. The van der Waals surface area contributed by atoms with Gasteiger partial charge in [0.2, 0.25) is 0 Å². The zero-order valence-corrected chi connectivity index (χ0v) is 13.7. The standard InChI is InChI=1S/C20H19FN2O/c1-20(2,16-9-3-4-10-17(16)21)13-23-19(24)15-7-5-11-18-14(15)8-6-12-22-18/h3-12H,13H2,1-2H3,(H,23,24). The number of fused-ring (bicyclic) bond motifs is 1. The molecule has 1 heterocycles. The Morgan fingerprint density at radius 3 is 2.67 bits per heavy atom. The average Bonchev–Trinajstić information content (AvgIpc) is 2.59. The fourth-order valence-electron chi connectivity index (χ4n) is 2.80. The number of pyridine rings is 1. The summed E-state index contributed by atoms with van der Waals surface area (Å²) < 4.78 is 14.0. The predicted molar refractivity (Wildman–Crippen MR) is 93.5 cm³/mol. The van der Waals surface area contributed by atoms with E-state index in [0.29, 0.717) is 17.7 Å². The average molecular weight is 322 g/mol. The van der Waals surface area contributed by atoms with Crippen LogP contribution >= 0.6 is 0 Å². The first-order valence-corrected chi connectivity index (χ1v) is 7.86. The minimum atomic E-state index is -0.510. The van der Waals surface area contributed by atoms with Crippen LogP contribution in [0.5, 0.6) is 0 Å². The molecule has 0 aliphatic heterocycles. The minimum Gasteiger partial charge on any atom is -0.351 e. The van der Waals surface area contributed by atoms with Crippen molar-refractivity contribution in [3.63, 3.8) is 0 Å². The molecule has 0 fully saturated rings. The van der Waals surface area contributed by atoms with Crippen molar-refractivity contribution >= 4 is 16.8 Å². The van der Waals surface area contributed by atoms with Crippen molar-refractivity contribution in [2.45, 2.75) is 19.3 Å². The molecule has 3 aromatic rings. The van der Waals surface area contributed by atoms with E-state index in [4.69, 9.17) is 0 Å². The largest absolute Gasteiger partial charge is 0.351 e. The van der Waals surface area contributed by atoms with E-state index in [9.17, 15) is 9.18 Å². The lowest BCUT2D eigenvalue weighted by atomic mass is 9.84. The molecule has 4 heteroatoms. The topological polar surface area (TPSA) is 42.0 Å². The molecule has 1 N–H and O–H groups in total. The molecule has 0 saturated carbocycles. The van der Waals surface area contributed by atoms with Gasteiger partial charge in [0.1, 0.15) is 5.82 Å². The monoisotopic (exact) mass is 322 g/mol. The van der Waals surface area contributed by atoms with Gasteiger partial charge in [0.05, 0.1) is 5.52 Å². The summed E-state index contributed by atoms with van der Waals surface area (Å²) in [4.78, 5) is 16.9. The van der Waals surface area contributed by atoms with Crippen LogP contribution in [0.25, 0.3) is 10.9 Å². The van der Waals surface area contributed by atoms with Gasteiger partial charge < -0.3 is 5.32 Å². The van der Waals surface area contributed by atoms with Gasteiger partial charge in [-0.25, -0.2) is 4.39 Å². The Labute approximate surface area is 140 Å². The van der Waals surface area contributed by atoms with Gasteiger partial charge in [-0.1, -0.05) is 44.2 Å². The minimum absolute atomic E-state index is 0.182. The Balaban J connectivity index is 1.81. The first kappa shape index (κ1) is 16.1. The van der Waals surface area contributed by atoms with E-state index in [1.807, 2.05) is 38.1 Å². The van der Waals surface area contributed by atoms with Crippen LogP contribution in [-0.2, 0) is 5.41 Å². The SMILES string of the molecule is CC(C)(CNC(=O)c1cccc2ncccc12)c1ccccc1F. The lowest BCUT2D eigenvalue weighted by Crippen LogP contribution is -2.37. The molecule has 24 heavy (non-hydrogen) atoms. The van der Waals surface area contributed by atoms with E-state index < -0.39 is 5.41 Å². The zero-order valence-electron chi connectivity index (χ0n) is 13.7. The molecule has 0 radical (unpaired) electrons. The number of rotatable bonds is 4. The highest BCUT2D eigenvalue weighted by Gasteiger charge is 2.25. The number of nitrogens with zero attached hydrogens (tertiary/aromatic N) is 1. The van der Waals surface area contributed by atoms with Crippen LogP contribution < -0.4 is 5.32 Å². The van der Waals surface area contributed by atoms with Crippen LogP contribution in [-0.4, -0.2) is 17.4 Å². The van der Waals surface area contributed by atoms with Crippen LogP contribution in [0.2, 0.25) is 0 Å². The summed E-state index contributed by atoms with van der Waals surface area (Å²) in [5.74, 6) is -0.441. The second-order valence-electron chi connectivity index (χ2n) is 6.42. The summed E-state index contributed by atoms with van der Waals surface area (Å²) in [5, 5.41) is 3.73. The van der Waals surface area contributed by atoms with Gasteiger partial charge in [0.25, 0.3) is 5.91 Å². The number of benzene rings is 2. The number of nitrogens with one attached hydrogen (secondary N) is 1. The van der Waals surface area contributed by atoms with Crippen molar-refractivity contribution in [3.8, 4) is 0 Å².